The van der Waals surface area contributed by atoms with E-state index in [1.165, 1.54) is 0 Å². The number of aliphatic hydroxyl groups is 1. The summed E-state index contributed by atoms with van der Waals surface area (Å²) >= 11 is 0. The minimum atomic E-state index is -0.399. The van der Waals surface area contributed by atoms with Crippen molar-refractivity contribution in [3.8, 4) is 0 Å². The Labute approximate surface area is 149 Å². The number of hydrogen-bond donors (Lipinski definition) is 3. The highest BCUT2D eigenvalue weighted by Gasteiger charge is 2.33. The molecule has 0 bridgehead atoms. The third-order valence-electron chi connectivity index (χ3n) is 4.69. The summed E-state index contributed by atoms with van der Waals surface area (Å²) in [6.45, 7) is 7.74. The number of rotatable bonds is 7. The second kappa shape index (κ2) is 9.17. The second-order valence-corrected chi connectivity index (χ2v) is 6.89. The predicted octanol–water partition coefficient (Wildman–Crippen LogP) is 2.97. The van der Waals surface area contributed by atoms with Gasteiger partial charge in [-0.15, -0.1) is 0 Å². The monoisotopic (exact) mass is 350 g/mol. The number of ether oxygens (including phenoxy) is 2. The van der Waals surface area contributed by atoms with E-state index >= 15 is 0 Å². The zero-order chi connectivity index (χ0) is 18.3. The van der Waals surface area contributed by atoms with Crippen molar-refractivity contribution in [3.05, 3.63) is 29.3 Å². The summed E-state index contributed by atoms with van der Waals surface area (Å²) in [5.41, 5.74) is 2.43. The van der Waals surface area contributed by atoms with Gasteiger partial charge in [0.05, 0.1) is 12.7 Å². The third kappa shape index (κ3) is 5.70. The van der Waals surface area contributed by atoms with Crippen LogP contribution in [0.1, 0.15) is 44.2 Å². The first-order valence-electron chi connectivity index (χ1n) is 8.94. The fourth-order valence-corrected chi connectivity index (χ4v) is 3.04. The minimum Gasteiger partial charge on any atom is -0.396 e. The van der Waals surface area contributed by atoms with Crippen LogP contribution in [0.3, 0.4) is 0 Å². The molecule has 1 aromatic rings. The Hall–Kier alpha value is -1.63. The summed E-state index contributed by atoms with van der Waals surface area (Å²) in [6, 6.07) is 5.56. The van der Waals surface area contributed by atoms with Gasteiger partial charge in [0.15, 0.2) is 0 Å². The molecule has 1 heterocycles. The first-order valence-corrected chi connectivity index (χ1v) is 8.94. The fourth-order valence-electron chi connectivity index (χ4n) is 3.04. The van der Waals surface area contributed by atoms with Crippen molar-refractivity contribution in [1.82, 2.24) is 5.32 Å². The smallest absolute Gasteiger partial charge is 0.319 e. The first kappa shape index (κ1) is 19.7. The molecule has 1 fully saturated rings. The molecule has 0 aromatic heterocycles. The van der Waals surface area contributed by atoms with Gasteiger partial charge in [-0.25, -0.2) is 4.79 Å². The van der Waals surface area contributed by atoms with Crippen LogP contribution in [0.5, 0.6) is 0 Å². The molecule has 0 radical (unpaired) electrons. The Morgan fingerprint density at radius 3 is 2.72 bits per heavy atom. The highest BCUT2D eigenvalue weighted by atomic mass is 16.5. The Bertz CT molecular complexity index is 563. The molecule has 1 saturated heterocycles. The maximum absolute atomic E-state index is 12.5. The Morgan fingerprint density at radius 2 is 2.08 bits per heavy atom. The van der Waals surface area contributed by atoms with Crippen LogP contribution in [-0.4, -0.2) is 42.6 Å². The van der Waals surface area contributed by atoms with Crippen LogP contribution < -0.4 is 10.6 Å². The van der Waals surface area contributed by atoms with Crippen molar-refractivity contribution in [2.75, 3.05) is 25.1 Å². The van der Waals surface area contributed by atoms with Gasteiger partial charge in [-0.05, 0) is 57.2 Å². The highest BCUT2D eigenvalue weighted by Crippen LogP contribution is 2.25. The lowest BCUT2D eigenvalue weighted by Gasteiger charge is -2.37. The summed E-state index contributed by atoms with van der Waals surface area (Å²) in [5, 5.41) is 15.3. The molecule has 0 aliphatic carbocycles. The standard InChI is InChI=1S/C19H30N2O4/c1-14(2)25-13-16-5-4-6-17(15(16)3)20-18(23)21-19(7-10-22)8-11-24-12-9-19/h4-6,14,22H,7-13H2,1-3H3,(H2,20,21,23). The van der Waals surface area contributed by atoms with Gasteiger partial charge >= 0.3 is 6.03 Å². The number of benzene rings is 1. The molecular formula is C19H30N2O4. The van der Waals surface area contributed by atoms with Crippen LogP contribution in [0.25, 0.3) is 0 Å². The van der Waals surface area contributed by atoms with Gasteiger partial charge in [0.2, 0.25) is 0 Å². The van der Waals surface area contributed by atoms with E-state index < -0.39 is 5.54 Å². The molecule has 3 N–H and O–H groups in total. The lowest BCUT2D eigenvalue weighted by atomic mass is 9.87. The van der Waals surface area contributed by atoms with E-state index in [4.69, 9.17) is 9.47 Å². The number of amides is 2. The molecule has 25 heavy (non-hydrogen) atoms. The normalized spacial score (nSPS) is 16.7. The number of urea groups is 1. The van der Waals surface area contributed by atoms with Crippen molar-refractivity contribution in [2.45, 2.75) is 58.3 Å². The SMILES string of the molecule is Cc1c(COC(C)C)cccc1NC(=O)NC1(CCO)CCOCC1. The lowest BCUT2D eigenvalue weighted by molar-refractivity contribution is 0.0330. The van der Waals surface area contributed by atoms with Crippen LogP contribution in [0.15, 0.2) is 18.2 Å². The zero-order valence-electron chi connectivity index (χ0n) is 15.4. The fraction of sp³-hybridized carbons (Fsp3) is 0.632. The Kier molecular flexibility index (Phi) is 7.23. The van der Waals surface area contributed by atoms with E-state index in [0.29, 0.717) is 39.1 Å². The third-order valence-corrected chi connectivity index (χ3v) is 4.69. The van der Waals surface area contributed by atoms with Crippen molar-refractivity contribution >= 4 is 11.7 Å². The van der Waals surface area contributed by atoms with Crippen LogP contribution >= 0.6 is 0 Å². The molecule has 6 nitrogen and oxygen atoms in total. The van der Waals surface area contributed by atoms with Gasteiger partial charge in [-0.1, -0.05) is 12.1 Å². The number of anilines is 1. The quantitative estimate of drug-likeness (QED) is 0.706. The van der Waals surface area contributed by atoms with Crippen LogP contribution in [-0.2, 0) is 16.1 Å². The number of aliphatic hydroxyl groups excluding tert-OH is 1. The molecule has 2 amide bonds. The Balaban J connectivity index is 2.03. The zero-order valence-corrected chi connectivity index (χ0v) is 15.4. The van der Waals surface area contributed by atoms with Crippen LogP contribution in [0, 0.1) is 6.92 Å². The summed E-state index contributed by atoms with van der Waals surface area (Å²) in [7, 11) is 0. The number of hydrogen-bond acceptors (Lipinski definition) is 4. The molecule has 0 spiro atoms. The number of carbonyl (C=O) groups is 1. The molecule has 0 atom stereocenters. The average Bonchev–Trinajstić information content (AvgIpc) is 2.56. The predicted molar refractivity (Wildman–Crippen MR) is 97.7 cm³/mol. The van der Waals surface area contributed by atoms with E-state index in [-0.39, 0.29) is 18.7 Å². The average molecular weight is 350 g/mol. The van der Waals surface area contributed by atoms with Crippen molar-refractivity contribution in [3.63, 3.8) is 0 Å². The van der Waals surface area contributed by atoms with Gasteiger partial charge in [0, 0.05) is 31.0 Å². The number of nitrogens with one attached hydrogen (secondary N) is 2. The summed E-state index contributed by atoms with van der Waals surface area (Å²) < 4.78 is 11.1. The van der Waals surface area contributed by atoms with E-state index in [0.717, 1.165) is 16.8 Å². The van der Waals surface area contributed by atoms with E-state index in [1.807, 2.05) is 39.0 Å². The van der Waals surface area contributed by atoms with E-state index in [1.54, 1.807) is 0 Å². The largest absolute Gasteiger partial charge is 0.396 e. The van der Waals surface area contributed by atoms with E-state index in [9.17, 15) is 9.90 Å². The maximum atomic E-state index is 12.5. The molecule has 1 aliphatic rings. The maximum Gasteiger partial charge on any atom is 0.319 e. The Morgan fingerprint density at radius 1 is 1.36 bits per heavy atom. The topological polar surface area (TPSA) is 79.8 Å². The highest BCUT2D eigenvalue weighted by molar-refractivity contribution is 5.90. The summed E-state index contributed by atoms with van der Waals surface area (Å²) in [4.78, 5) is 12.5. The molecule has 0 saturated carbocycles. The van der Waals surface area contributed by atoms with Gasteiger partial charge in [0.1, 0.15) is 0 Å². The summed E-state index contributed by atoms with van der Waals surface area (Å²) in [5.74, 6) is 0. The van der Waals surface area contributed by atoms with Gasteiger partial charge in [-0.3, -0.25) is 0 Å². The van der Waals surface area contributed by atoms with Crippen molar-refractivity contribution in [2.24, 2.45) is 0 Å². The van der Waals surface area contributed by atoms with Crippen molar-refractivity contribution < 1.29 is 19.4 Å². The van der Waals surface area contributed by atoms with Gasteiger partial charge in [-0.2, -0.15) is 0 Å². The summed E-state index contributed by atoms with van der Waals surface area (Å²) in [6.07, 6.45) is 2.11. The molecule has 1 aromatic carbocycles. The molecule has 0 unspecified atom stereocenters. The molecular weight excluding hydrogens is 320 g/mol. The molecule has 140 valence electrons. The van der Waals surface area contributed by atoms with Crippen LogP contribution in [0.4, 0.5) is 10.5 Å². The molecule has 6 heteroatoms. The minimum absolute atomic E-state index is 0.0430. The molecule has 1 aliphatic heterocycles. The lowest BCUT2D eigenvalue weighted by Crippen LogP contribution is -2.53. The van der Waals surface area contributed by atoms with Crippen molar-refractivity contribution in [1.29, 1.82) is 0 Å². The van der Waals surface area contributed by atoms with E-state index in [2.05, 4.69) is 10.6 Å². The van der Waals surface area contributed by atoms with Gasteiger partial charge < -0.3 is 25.2 Å². The second-order valence-electron chi connectivity index (χ2n) is 6.89. The molecule has 2 rings (SSSR count). The first-order chi connectivity index (χ1) is 12.0. The number of carbonyl (C=O) groups excluding carboxylic acids is 1. The van der Waals surface area contributed by atoms with Crippen LogP contribution in [0.2, 0.25) is 0 Å². The van der Waals surface area contributed by atoms with Gasteiger partial charge in [0.25, 0.3) is 0 Å².